The first-order chi connectivity index (χ1) is 14.2. The zero-order chi connectivity index (χ0) is 21.6. The minimum absolute atomic E-state index is 0.0834. The molecule has 2 aromatic rings. The predicted molar refractivity (Wildman–Crippen MR) is 110 cm³/mol. The lowest BCUT2D eigenvalue weighted by Crippen LogP contribution is -2.46. The summed E-state index contributed by atoms with van der Waals surface area (Å²) in [6.45, 7) is 4.87. The van der Waals surface area contributed by atoms with Gasteiger partial charge in [-0.3, -0.25) is 18.7 Å². The number of benzene rings is 1. The molecule has 1 aromatic heterocycles. The predicted octanol–water partition coefficient (Wildman–Crippen LogP) is 2.60. The summed E-state index contributed by atoms with van der Waals surface area (Å²) in [5, 5.41) is 3.90. The SMILES string of the molecule is C[C@@H]1CN(c2c(C=O)cc3c(C(=O)N4CCS(O)(O)CC4)noc3c2F)C[C@H](C)O1. The fourth-order valence-electron chi connectivity index (χ4n) is 4.05. The second kappa shape index (κ2) is 7.80. The summed E-state index contributed by atoms with van der Waals surface area (Å²) in [6, 6.07) is 1.42. The fourth-order valence-corrected chi connectivity index (χ4v) is 5.28. The Morgan fingerprint density at radius 3 is 2.50 bits per heavy atom. The number of morpholine rings is 1. The lowest BCUT2D eigenvalue weighted by molar-refractivity contribution is -0.00543. The molecular weight excluding hydrogens is 417 g/mol. The van der Waals surface area contributed by atoms with Crippen LogP contribution in [0.1, 0.15) is 34.7 Å². The van der Waals surface area contributed by atoms with E-state index >= 15 is 4.39 Å². The molecule has 30 heavy (non-hydrogen) atoms. The maximum absolute atomic E-state index is 15.4. The zero-order valence-corrected chi connectivity index (χ0v) is 17.5. The number of anilines is 1. The maximum Gasteiger partial charge on any atom is 0.276 e. The number of ether oxygens (including phenoxy) is 1. The topological polar surface area (TPSA) is 116 Å². The van der Waals surface area contributed by atoms with Crippen LogP contribution in [0.4, 0.5) is 10.1 Å². The van der Waals surface area contributed by atoms with Gasteiger partial charge in [0, 0.05) is 31.7 Å². The number of halogens is 1. The van der Waals surface area contributed by atoms with E-state index in [-0.39, 0.29) is 64.7 Å². The molecule has 0 aliphatic carbocycles. The molecule has 2 fully saturated rings. The molecule has 2 aliphatic rings. The zero-order valence-electron chi connectivity index (χ0n) is 16.7. The van der Waals surface area contributed by atoms with E-state index in [1.165, 1.54) is 11.0 Å². The van der Waals surface area contributed by atoms with Crippen LogP contribution in [0.15, 0.2) is 10.6 Å². The van der Waals surface area contributed by atoms with Gasteiger partial charge in [-0.15, -0.1) is 0 Å². The normalized spacial score (nSPS) is 25.4. The average molecular weight is 441 g/mol. The Kier molecular flexibility index (Phi) is 5.47. The number of hydrogen-bond acceptors (Lipinski definition) is 8. The van der Waals surface area contributed by atoms with E-state index in [9.17, 15) is 18.7 Å². The van der Waals surface area contributed by atoms with Crippen molar-refractivity contribution in [3.8, 4) is 0 Å². The molecule has 2 aliphatic heterocycles. The first kappa shape index (κ1) is 21.0. The lowest BCUT2D eigenvalue weighted by Gasteiger charge is -2.40. The van der Waals surface area contributed by atoms with Gasteiger partial charge < -0.3 is 19.1 Å². The van der Waals surface area contributed by atoms with E-state index in [0.717, 1.165) is 0 Å². The van der Waals surface area contributed by atoms with Crippen molar-refractivity contribution in [2.75, 3.05) is 42.6 Å². The lowest BCUT2D eigenvalue weighted by atomic mass is 10.1. The van der Waals surface area contributed by atoms with Crippen molar-refractivity contribution in [1.29, 1.82) is 0 Å². The van der Waals surface area contributed by atoms with E-state index in [1.807, 2.05) is 13.8 Å². The number of carbonyl (C=O) groups excluding carboxylic acids is 2. The van der Waals surface area contributed by atoms with E-state index < -0.39 is 22.3 Å². The third-order valence-electron chi connectivity index (χ3n) is 5.44. The fraction of sp³-hybridized carbons (Fsp3) is 0.526. The first-order valence-electron chi connectivity index (χ1n) is 9.70. The van der Waals surface area contributed by atoms with Crippen LogP contribution in [0.2, 0.25) is 0 Å². The van der Waals surface area contributed by atoms with Gasteiger partial charge in [0.2, 0.25) is 5.58 Å². The van der Waals surface area contributed by atoms with Crippen molar-refractivity contribution in [3.63, 3.8) is 0 Å². The van der Waals surface area contributed by atoms with Gasteiger partial charge in [0.15, 0.2) is 17.8 Å². The molecule has 164 valence electrons. The minimum atomic E-state index is -2.66. The third-order valence-corrected chi connectivity index (χ3v) is 7.11. The van der Waals surface area contributed by atoms with Crippen LogP contribution in [0.3, 0.4) is 0 Å². The molecular formula is C19H24FN3O6S. The quantitative estimate of drug-likeness (QED) is 0.699. The number of hydrogen-bond donors (Lipinski definition) is 2. The number of rotatable bonds is 3. The van der Waals surface area contributed by atoms with Crippen molar-refractivity contribution in [3.05, 3.63) is 23.1 Å². The Hall–Kier alpha value is -2.21. The summed E-state index contributed by atoms with van der Waals surface area (Å²) in [4.78, 5) is 27.8. The Bertz CT molecular complexity index is 976. The average Bonchev–Trinajstić information content (AvgIpc) is 3.10. The van der Waals surface area contributed by atoms with Crippen LogP contribution in [0, 0.1) is 5.82 Å². The smallest absolute Gasteiger partial charge is 0.276 e. The summed E-state index contributed by atoms with van der Waals surface area (Å²) in [5.74, 6) is -1.07. The molecule has 11 heteroatoms. The molecule has 2 N–H and O–H groups in total. The standard InChI is InChI=1S/C19H24FN3O6S/c1-11-8-23(9-12(2)28-11)17-13(10-24)7-14-16(21-29-18(14)15(17)20)19(25)22-3-5-30(26,27)6-4-22/h7,10-12,26-27H,3-6,8-9H2,1-2H3/t11-,12+. The highest BCUT2D eigenvalue weighted by molar-refractivity contribution is 8.24. The molecule has 1 aromatic carbocycles. The molecule has 1 amide bonds. The summed E-state index contributed by atoms with van der Waals surface area (Å²) < 4.78 is 45.7. The van der Waals surface area contributed by atoms with Crippen molar-refractivity contribution in [2.24, 2.45) is 0 Å². The highest BCUT2D eigenvalue weighted by Crippen LogP contribution is 2.41. The summed E-state index contributed by atoms with van der Waals surface area (Å²) in [7, 11) is -2.66. The molecule has 0 unspecified atom stereocenters. The second-order valence-corrected chi connectivity index (χ2v) is 10.2. The molecule has 3 heterocycles. The second-order valence-electron chi connectivity index (χ2n) is 7.82. The maximum atomic E-state index is 15.4. The molecule has 4 rings (SSSR count). The third kappa shape index (κ3) is 3.78. The summed E-state index contributed by atoms with van der Waals surface area (Å²) in [6.07, 6.45) is 0.281. The highest BCUT2D eigenvalue weighted by Gasteiger charge is 2.32. The number of amides is 1. The van der Waals surface area contributed by atoms with Crippen LogP contribution in [-0.2, 0) is 4.74 Å². The van der Waals surface area contributed by atoms with Gasteiger partial charge in [-0.05, 0) is 19.9 Å². The molecule has 0 bridgehead atoms. The summed E-state index contributed by atoms with van der Waals surface area (Å²) in [5.41, 5.74) is -0.0689. The molecule has 2 atom stereocenters. The van der Waals surface area contributed by atoms with Crippen LogP contribution in [-0.4, -0.2) is 81.2 Å². The van der Waals surface area contributed by atoms with Gasteiger partial charge in [-0.25, -0.2) is 4.39 Å². The highest BCUT2D eigenvalue weighted by atomic mass is 32.3. The van der Waals surface area contributed by atoms with Crippen molar-refractivity contribution in [2.45, 2.75) is 26.1 Å². The van der Waals surface area contributed by atoms with Gasteiger partial charge in [0.25, 0.3) is 5.91 Å². The Morgan fingerprint density at radius 2 is 1.90 bits per heavy atom. The Balaban J connectivity index is 1.71. The number of fused-ring (bicyclic) bond motifs is 1. The summed E-state index contributed by atoms with van der Waals surface area (Å²) >= 11 is 0. The van der Waals surface area contributed by atoms with Crippen LogP contribution < -0.4 is 4.90 Å². The minimum Gasteiger partial charge on any atom is -0.372 e. The van der Waals surface area contributed by atoms with Crippen LogP contribution >= 0.6 is 10.6 Å². The van der Waals surface area contributed by atoms with Crippen molar-refractivity contribution < 1.29 is 32.3 Å². The largest absolute Gasteiger partial charge is 0.372 e. The first-order valence-corrected chi connectivity index (χ1v) is 11.6. The monoisotopic (exact) mass is 441 g/mol. The van der Waals surface area contributed by atoms with E-state index in [2.05, 4.69) is 5.16 Å². The van der Waals surface area contributed by atoms with Gasteiger partial charge in [0.05, 0.1) is 34.8 Å². The Labute approximate surface area is 174 Å². The van der Waals surface area contributed by atoms with Crippen molar-refractivity contribution >= 4 is 39.4 Å². The van der Waals surface area contributed by atoms with Gasteiger partial charge in [-0.2, -0.15) is 10.6 Å². The van der Waals surface area contributed by atoms with Gasteiger partial charge in [0.1, 0.15) is 0 Å². The molecule has 0 radical (unpaired) electrons. The van der Waals surface area contributed by atoms with Gasteiger partial charge in [-0.1, -0.05) is 5.16 Å². The Morgan fingerprint density at radius 1 is 1.27 bits per heavy atom. The molecule has 0 saturated carbocycles. The van der Waals surface area contributed by atoms with Crippen molar-refractivity contribution in [1.82, 2.24) is 10.1 Å². The number of aldehydes is 1. The van der Waals surface area contributed by atoms with Crippen LogP contribution in [0.25, 0.3) is 11.0 Å². The van der Waals surface area contributed by atoms with E-state index in [0.29, 0.717) is 19.4 Å². The van der Waals surface area contributed by atoms with Crippen LogP contribution in [0.5, 0.6) is 0 Å². The number of carbonyl (C=O) groups is 2. The van der Waals surface area contributed by atoms with E-state index in [4.69, 9.17) is 9.26 Å². The van der Waals surface area contributed by atoms with Gasteiger partial charge >= 0.3 is 0 Å². The molecule has 2 saturated heterocycles. The van der Waals surface area contributed by atoms with E-state index in [1.54, 1.807) is 4.90 Å². The molecule has 0 spiro atoms. The molecule has 9 nitrogen and oxygen atoms in total. The number of nitrogens with zero attached hydrogens (tertiary/aromatic N) is 3. The number of aromatic nitrogens is 1.